The van der Waals surface area contributed by atoms with Crippen LogP contribution in [0.15, 0.2) is 27.6 Å². The van der Waals surface area contributed by atoms with Gasteiger partial charge in [-0.2, -0.15) is 4.31 Å². The molecule has 4 nitrogen and oxygen atoms in total. The largest absolute Gasteiger partial charge is 0.395 e. The van der Waals surface area contributed by atoms with Gasteiger partial charge in [0.05, 0.1) is 16.5 Å². The zero-order valence-electron chi connectivity index (χ0n) is 10.1. The molecule has 1 N–H and O–H groups in total. The summed E-state index contributed by atoms with van der Waals surface area (Å²) < 4.78 is 26.5. The van der Waals surface area contributed by atoms with E-state index in [1.807, 2.05) is 0 Å². The summed E-state index contributed by atoms with van der Waals surface area (Å²) in [5, 5.41) is 9.41. The molecule has 0 saturated heterocycles. The molecule has 0 heterocycles. The first-order valence-electron chi connectivity index (χ1n) is 5.38. The highest BCUT2D eigenvalue weighted by atomic mass is 79.9. The smallest absolute Gasteiger partial charge is 0.243 e. The average molecular weight is 357 g/mol. The van der Waals surface area contributed by atoms with Gasteiger partial charge in [-0.3, -0.25) is 0 Å². The van der Waals surface area contributed by atoms with Crippen LogP contribution in [0.2, 0.25) is 5.02 Å². The van der Waals surface area contributed by atoms with Gasteiger partial charge in [0, 0.05) is 17.1 Å². The molecule has 0 spiro atoms. The molecule has 0 aliphatic heterocycles. The van der Waals surface area contributed by atoms with E-state index in [0.717, 1.165) is 0 Å². The summed E-state index contributed by atoms with van der Waals surface area (Å²) in [4.78, 5) is 0.154. The maximum absolute atomic E-state index is 12.4. The summed E-state index contributed by atoms with van der Waals surface area (Å²) >= 11 is 9.04. The molecule has 1 aromatic carbocycles. The van der Waals surface area contributed by atoms with E-state index in [1.165, 1.54) is 22.5 Å². The van der Waals surface area contributed by atoms with Crippen LogP contribution in [-0.4, -0.2) is 37.0 Å². The van der Waals surface area contributed by atoms with Gasteiger partial charge in [-0.25, -0.2) is 8.42 Å². The molecule has 0 fully saturated rings. The lowest BCUT2D eigenvalue weighted by Gasteiger charge is -2.25. The number of aliphatic hydroxyl groups is 1. The summed E-state index contributed by atoms with van der Waals surface area (Å²) in [7, 11) is -3.62. The van der Waals surface area contributed by atoms with Gasteiger partial charge < -0.3 is 5.11 Å². The Kier molecular flexibility index (Phi) is 5.61. The molecule has 7 heteroatoms. The van der Waals surface area contributed by atoms with Crippen molar-refractivity contribution in [1.82, 2.24) is 4.31 Å². The maximum atomic E-state index is 12.4. The Bertz CT molecular complexity index is 519. The Morgan fingerprint density at radius 2 is 2.06 bits per heavy atom. The van der Waals surface area contributed by atoms with Crippen molar-refractivity contribution in [3.8, 4) is 0 Å². The van der Waals surface area contributed by atoms with Gasteiger partial charge in [-0.05, 0) is 48.0 Å². The topological polar surface area (TPSA) is 57.6 Å². The number of nitrogens with zero attached hydrogens (tertiary/aromatic N) is 1. The third-order valence-corrected chi connectivity index (χ3v) is 5.68. The van der Waals surface area contributed by atoms with Gasteiger partial charge in [0.25, 0.3) is 0 Å². The zero-order chi connectivity index (χ0) is 13.9. The Balaban J connectivity index is 3.22. The lowest BCUT2D eigenvalue weighted by Crippen LogP contribution is -2.38. The van der Waals surface area contributed by atoms with E-state index in [0.29, 0.717) is 9.50 Å². The van der Waals surface area contributed by atoms with E-state index < -0.39 is 10.0 Å². The number of aliphatic hydroxyl groups excluding tert-OH is 1. The van der Waals surface area contributed by atoms with E-state index in [1.54, 1.807) is 13.8 Å². The van der Waals surface area contributed by atoms with Gasteiger partial charge in [0.15, 0.2) is 0 Å². The maximum Gasteiger partial charge on any atom is 0.243 e. The molecule has 0 unspecified atom stereocenters. The Morgan fingerprint density at radius 3 is 2.50 bits per heavy atom. The van der Waals surface area contributed by atoms with Crippen molar-refractivity contribution >= 4 is 37.6 Å². The van der Waals surface area contributed by atoms with Crippen LogP contribution >= 0.6 is 27.5 Å². The molecule has 0 aromatic heterocycles. The van der Waals surface area contributed by atoms with Crippen LogP contribution in [-0.2, 0) is 10.0 Å². The molecule has 0 radical (unpaired) electrons. The van der Waals surface area contributed by atoms with Crippen molar-refractivity contribution in [2.75, 3.05) is 13.2 Å². The second kappa shape index (κ2) is 6.34. The molecule has 0 atom stereocenters. The molecule has 0 amide bonds. The first-order valence-corrected chi connectivity index (χ1v) is 7.99. The minimum Gasteiger partial charge on any atom is -0.395 e. The average Bonchev–Trinajstić information content (AvgIpc) is 2.28. The third kappa shape index (κ3) is 3.45. The molecule has 0 saturated carbocycles. The fourth-order valence-corrected chi connectivity index (χ4v) is 3.83. The predicted molar refractivity (Wildman–Crippen MR) is 75.3 cm³/mol. The van der Waals surface area contributed by atoms with E-state index in [-0.39, 0.29) is 24.1 Å². The van der Waals surface area contributed by atoms with Crippen molar-refractivity contribution in [2.24, 2.45) is 0 Å². The van der Waals surface area contributed by atoms with Crippen LogP contribution in [0, 0.1) is 0 Å². The quantitative estimate of drug-likeness (QED) is 0.882. The standard InChI is InChI=1S/C11H15BrClNO3S/c1-8(2)14(5-6-15)18(16,17)9-3-4-11(13)10(12)7-9/h3-4,7-8,15H,5-6H2,1-2H3. The highest BCUT2D eigenvalue weighted by Gasteiger charge is 2.26. The van der Waals surface area contributed by atoms with Crippen molar-refractivity contribution in [1.29, 1.82) is 0 Å². The van der Waals surface area contributed by atoms with Crippen LogP contribution < -0.4 is 0 Å². The molecule has 0 aliphatic rings. The van der Waals surface area contributed by atoms with Gasteiger partial charge in [-0.1, -0.05) is 11.6 Å². The van der Waals surface area contributed by atoms with E-state index >= 15 is 0 Å². The van der Waals surface area contributed by atoms with Gasteiger partial charge in [-0.15, -0.1) is 0 Å². The van der Waals surface area contributed by atoms with Gasteiger partial charge in [0.2, 0.25) is 10.0 Å². The fraction of sp³-hybridized carbons (Fsp3) is 0.455. The first-order chi connectivity index (χ1) is 8.30. The first kappa shape index (κ1) is 15.9. The number of rotatable bonds is 5. The second-order valence-corrected chi connectivity index (χ2v) is 7.16. The van der Waals surface area contributed by atoms with Gasteiger partial charge >= 0.3 is 0 Å². The Labute approximate surface area is 121 Å². The monoisotopic (exact) mass is 355 g/mol. The molecule has 1 rings (SSSR count). The van der Waals surface area contributed by atoms with E-state index in [4.69, 9.17) is 16.7 Å². The third-order valence-electron chi connectivity index (χ3n) is 2.39. The van der Waals surface area contributed by atoms with E-state index in [2.05, 4.69) is 15.9 Å². The zero-order valence-corrected chi connectivity index (χ0v) is 13.3. The summed E-state index contributed by atoms with van der Waals surface area (Å²) in [6.07, 6.45) is 0. The summed E-state index contributed by atoms with van der Waals surface area (Å²) in [6.45, 7) is 3.38. The number of benzene rings is 1. The minimum atomic E-state index is -3.62. The second-order valence-electron chi connectivity index (χ2n) is 4.01. The van der Waals surface area contributed by atoms with Crippen LogP contribution in [0.1, 0.15) is 13.8 Å². The molecule has 0 aliphatic carbocycles. The summed E-state index contributed by atoms with van der Waals surface area (Å²) in [5.41, 5.74) is 0. The SMILES string of the molecule is CC(C)N(CCO)S(=O)(=O)c1ccc(Cl)c(Br)c1. The van der Waals surface area contributed by atoms with Crippen molar-refractivity contribution in [3.63, 3.8) is 0 Å². The lowest BCUT2D eigenvalue weighted by atomic mass is 10.4. The van der Waals surface area contributed by atoms with Crippen LogP contribution in [0.3, 0.4) is 0 Å². The molecule has 1 aromatic rings. The molecule has 102 valence electrons. The molecular formula is C11H15BrClNO3S. The van der Waals surface area contributed by atoms with Crippen molar-refractivity contribution < 1.29 is 13.5 Å². The van der Waals surface area contributed by atoms with E-state index in [9.17, 15) is 8.42 Å². The Hall–Kier alpha value is -0.140. The molecule has 0 bridgehead atoms. The summed E-state index contributed by atoms with van der Waals surface area (Å²) in [5.74, 6) is 0. The normalized spacial score (nSPS) is 12.4. The van der Waals surface area contributed by atoms with Crippen molar-refractivity contribution in [2.45, 2.75) is 24.8 Å². The van der Waals surface area contributed by atoms with Crippen LogP contribution in [0.4, 0.5) is 0 Å². The van der Waals surface area contributed by atoms with Crippen molar-refractivity contribution in [3.05, 3.63) is 27.7 Å². The number of hydrogen-bond acceptors (Lipinski definition) is 3. The number of halogens is 2. The summed E-state index contributed by atoms with van der Waals surface area (Å²) in [6, 6.07) is 4.21. The highest BCUT2D eigenvalue weighted by molar-refractivity contribution is 9.10. The van der Waals surface area contributed by atoms with Crippen LogP contribution in [0.25, 0.3) is 0 Å². The fourth-order valence-electron chi connectivity index (χ4n) is 1.53. The highest BCUT2D eigenvalue weighted by Crippen LogP contribution is 2.27. The minimum absolute atomic E-state index is 0.0697. The predicted octanol–water partition coefficient (Wildman–Crippen LogP) is 2.49. The number of sulfonamides is 1. The van der Waals surface area contributed by atoms with Crippen LogP contribution in [0.5, 0.6) is 0 Å². The molecule has 18 heavy (non-hydrogen) atoms. The van der Waals surface area contributed by atoms with Gasteiger partial charge in [0.1, 0.15) is 0 Å². The Morgan fingerprint density at radius 1 is 1.44 bits per heavy atom. The lowest BCUT2D eigenvalue weighted by molar-refractivity contribution is 0.236. The number of hydrogen-bond donors (Lipinski definition) is 1. The molecular weight excluding hydrogens is 342 g/mol.